The van der Waals surface area contributed by atoms with Gasteiger partial charge in [0.2, 0.25) is 10.0 Å². The number of rotatable bonds is 2. The molecule has 0 atom stereocenters. The molecule has 0 unspecified atom stereocenters. The fourth-order valence-electron chi connectivity index (χ4n) is 0.895. The van der Waals surface area contributed by atoms with Gasteiger partial charge in [0.1, 0.15) is 5.82 Å². The van der Waals surface area contributed by atoms with Crippen molar-refractivity contribution in [2.75, 3.05) is 6.26 Å². The van der Waals surface area contributed by atoms with E-state index >= 15 is 0 Å². The maximum Gasteiger partial charge on any atom is 0.267 e. The molecule has 1 rings (SSSR count). The second kappa shape index (κ2) is 4.44. The molecule has 82 valence electrons. The Labute approximate surface area is 100 Å². The van der Waals surface area contributed by atoms with E-state index in [1.807, 2.05) is 22.6 Å². The number of sulfonamides is 1. The van der Waals surface area contributed by atoms with Crippen molar-refractivity contribution in [2.24, 2.45) is 0 Å². The predicted molar refractivity (Wildman–Crippen MR) is 61.4 cm³/mol. The molecular formula is C8H7FINO3S. The van der Waals surface area contributed by atoms with Crippen LogP contribution in [-0.4, -0.2) is 20.6 Å². The minimum absolute atomic E-state index is 0.285. The topological polar surface area (TPSA) is 63.2 Å². The van der Waals surface area contributed by atoms with E-state index in [1.165, 1.54) is 12.1 Å². The van der Waals surface area contributed by atoms with Gasteiger partial charge in [-0.2, -0.15) is 0 Å². The van der Waals surface area contributed by atoms with Crippen LogP contribution in [0.1, 0.15) is 10.4 Å². The number of benzene rings is 1. The monoisotopic (exact) mass is 343 g/mol. The van der Waals surface area contributed by atoms with Gasteiger partial charge in [-0.1, -0.05) is 0 Å². The van der Waals surface area contributed by atoms with E-state index in [4.69, 9.17) is 0 Å². The lowest BCUT2D eigenvalue weighted by molar-refractivity contribution is 0.0977. The van der Waals surface area contributed by atoms with E-state index in [-0.39, 0.29) is 5.56 Å². The summed E-state index contributed by atoms with van der Waals surface area (Å²) in [6.07, 6.45) is 0.830. The molecular weight excluding hydrogens is 336 g/mol. The summed E-state index contributed by atoms with van der Waals surface area (Å²) in [5, 5.41) is 0. The Bertz CT molecular complexity index is 501. The van der Waals surface area contributed by atoms with E-state index in [9.17, 15) is 17.6 Å². The van der Waals surface area contributed by atoms with Crippen LogP contribution in [0.2, 0.25) is 0 Å². The first-order valence-electron chi connectivity index (χ1n) is 3.77. The molecule has 1 aromatic carbocycles. The molecule has 1 aromatic rings. The van der Waals surface area contributed by atoms with E-state index in [1.54, 1.807) is 4.72 Å². The molecule has 0 fully saturated rings. The van der Waals surface area contributed by atoms with Gasteiger partial charge in [0.25, 0.3) is 5.91 Å². The van der Waals surface area contributed by atoms with E-state index in [0.29, 0.717) is 3.57 Å². The van der Waals surface area contributed by atoms with Crippen molar-refractivity contribution in [3.63, 3.8) is 0 Å². The van der Waals surface area contributed by atoms with Crippen molar-refractivity contribution < 1.29 is 17.6 Å². The molecule has 0 saturated heterocycles. The third kappa shape index (κ3) is 3.74. The summed E-state index contributed by atoms with van der Waals surface area (Å²) < 4.78 is 37.0. The Morgan fingerprint density at radius 2 is 2.07 bits per heavy atom. The summed E-state index contributed by atoms with van der Waals surface area (Å²) in [4.78, 5) is 11.3. The highest BCUT2D eigenvalue weighted by molar-refractivity contribution is 14.1. The van der Waals surface area contributed by atoms with E-state index in [2.05, 4.69) is 0 Å². The lowest BCUT2D eigenvalue weighted by Gasteiger charge is -2.04. The van der Waals surface area contributed by atoms with Crippen LogP contribution in [0, 0.1) is 9.39 Å². The number of halogens is 2. The van der Waals surface area contributed by atoms with Crippen LogP contribution in [0.25, 0.3) is 0 Å². The van der Waals surface area contributed by atoms with E-state index < -0.39 is 21.7 Å². The normalized spacial score (nSPS) is 11.1. The summed E-state index contributed by atoms with van der Waals surface area (Å²) >= 11 is 1.90. The molecule has 0 aliphatic rings. The molecule has 0 radical (unpaired) electrons. The zero-order chi connectivity index (χ0) is 11.6. The second-order valence-corrected chi connectivity index (χ2v) is 5.82. The number of hydrogen-bond donors (Lipinski definition) is 1. The lowest BCUT2D eigenvalue weighted by atomic mass is 10.2. The Morgan fingerprint density at radius 1 is 1.47 bits per heavy atom. The van der Waals surface area contributed by atoms with Gasteiger partial charge in [-0.3, -0.25) is 4.79 Å². The molecule has 15 heavy (non-hydrogen) atoms. The largest absolute Gasteiger partial charge is 0.268 e. The quantitative estimate of drug-likeness (QED) is 0.819. The van der Waals surface area contributed by atoms with Crippen LogP contribution in [0.15, 0.2) is 18.2 Å². The summed E-state index contributed by atoms with van der Waals surface area (Å²) in [6.45, 7) is 0. The van der Waals surface area contributed by atoms with Gasteiger partial charge < -0.3 is 0 Å². The van der Waals surface area contributed by atoms with Crippen molar-refractivity contribution in [1.29, 1.82) is 0 Å². The Hall–Kier alpha value is -0.700. The number of carbonyl (C=O) groups is 1. The van der Waals surface area contributed by atoms with E-state index in [0.717, 1.165) is 12.3 Å². The highest BCUT2D eigenvalue weighted by atomic mass is 127. The molecule has 0 saturated carbocycles. The molecule has 4 nitrogen and oxygen atoms in total. The van der Waals surface area contributed by atoms with Crippen LogP contribution in [0.3, 0.4) is 0 Å². The molecule has 1 amide bonds. The van der Waals surface area contributed by atoms with Crippen molar-refractivity contribution in [1.82, 2.24) is 4.72 Å². The van der Waals surface area contributed by atoms with Crippen molar-refractivity contribution in [3.8, 4) is 0 Å². The average molecular weight is 343 g/mol. The summed E-state index contributed by atoms with van der Waals surface area (Å²) in [5.74, 6) is -1.72. The van der Waals surface area contributed by atoms with Crippen LogP contribution < -0.4 is 4.72 Å². The highest BCUT2D eigenvalue weighted by Crippen LogP contribution is 2.12. The number of nitrogens with one attached hydrogen (secondary N) is 1. The average Bonchev–Trinajstić information content (AvgIpc) is 2.06. The Balaban J connectivity index is 3.06. The van der Waals surface area contributed by atoms with Crippen LogP contribution in [-0.2, 0) is 10.0 Å². The first kappa shape index (κ1) is 12.4. The van der Waals surface area contributed by atoms with Crippen molar-refractivity contribution in [2.45, 2.75) is 0 Å². The second-order valence-electron chi connectivity index (χ2n) is 2.83. The van der Waals surface area contributed by atoms with Crippen LogP contribution >= 0.6 is 22.6 Å². The molecule has 0 heterocycles. The van der Waals surface area contributed by atoms with Crippen LogP contribution in [0.4, 0.5) is 4.39 Å². The van der Waals surface area contributed by atoms with Gasteiger partial charge in [0.15, 0.2) is 0 Å². The maximum absolute atomic E-state index is 13.1. The number of carbonyl (C=O) groups excluding carboxylic acids is 1. The molecule has 0 bridgehead atoms. The van der Waals surface area contributed by atoms with Gasteiger partial charge in [0, 0.05) is 3.57 Å². The molecule has 7 heteroatoms. The minimum atomic E-state index is -3.67. The zero-order valence-electron chi connectivity index (χ0n) is 7.62. The molecule has 0 aromatic heterocycles. The summed E-state index contributed by atoms with van der Waals surface area (Å²) in [5.41, 5.74) is -0.285. The van der Waals surface area contributed by atoms with Gasteiger partial charge in [-0.15, -0.1) is 0 Å². The predicted octanol–water partition coefficient (Wildman–Crippen LogP) is 1.12. The van der Waals surface area contributed by atoms with Gasteiger partial charge in [0.05, 0.1) is 11.8 Å². The van der Waals surface area contributed by atoms with Gasteiger partial charge >= 0.3 is 0 Å². The molecule has 1 N–H and O–H groups in total. The van der Waals surface area contributed by atoms with Crippen molar-refractivity contribution >= 4 is 38.5 Å². The Kier molecular flexibility index (Phi) is 3.66. The number of hydrogen-bond acceptors (Lipinski definition) is 3. The van der Waals surface area contributed by atoms with Crippen molar-refractivity contribution in [3.05, 3.63) is 33.1 Å². The van der Waals surface area contributed by atoms with Crippen LogP contribution in [0.5, 0.6) is 0 Å². The highest BCUT2D eigenvalue weighted by Gasteiger charge is 2.15. The SMILES string of the molecule is CS(=O)(=O)NC(=O)c1cc(I)ccc1F. The summed E-state index contributed by atoms with van der Waals surface area (Å²) in [7, 11) is -3.67. The third-order valence-electron chi connectivity index (χ3n) is 1.45. The fraction of sp³-hybridized carbons (Fsp3) is 0.125. The van der Waals surface area contributed by atoms with Gasteiger partial charge in [-0.25, -0.2) is 17.5 Å². The number of amides is 1. The molecule has 0 spiro atoms. The zero-order valence-corrected chi connectivity index (χ0v) is 10.6. The first-order chi connectivity index (χ1) is 6.79. The summed E-state index contributed by atoms with van der Waals surface area (Å²) in [6, 6.07) is 3.86. The Morgan fingerprint density at radius 3 is 2.60 bits per heavy atom. The standard InChI is InChI=1S/C8H7FINO3S/c1-15(13,14)11-8(12)6-4-5(10)2-3-7(6)9/h2-4H,1H3,(H,11,12). The fourth-order valence-corrected chi connectivity index (χ4v) is 1.83. The maximum atomic E-state index is 13.1. The van der Waals surface area contributed by atoms with Gasteiger partial charge in [-0.05, 0) is 40.8 Å². The lowest BCUT2D eigenvalue weighted by Crippen LogP contribution is -2.30. The minimum Gasteiger partial charge on any atom is -0.268 e. The first-order valence-corrected chi connectivity index (χ1v) is 6.74. The molecule has 0 aliphatic carbocycles. The molecule has 0 aliphatic heterocycles. The third-order valence-corrected chi connectivity index (χ3v) is 2.68. The smallest absolute Gasteiger partial charge is 0.267 e.